The smallest absolute Gasteiger partial charge is 0.336 e. The van der Waals surface area contributed by atoms with Crippen molar-refractivity contribution < 1.29 is 28.7 Å². The molecule has 3 rings (SSSR count). The molecular weight excluding hydrogens is 428 g/mol. The molecule has 1 aromatic rings. The minimum atomic E-state index is -0.929. The molecule has 0 bridgehead atoms. The number of dihydropyridines is 1. The van der Waals surface area contributed by atoms with Crippen LogP contribution in [-0.2, 0) is 23.8 Å². The van der Waals surface area contributed by atoms with Gasteiger partial charge in [0, 0.05) is 24.1 Å². The van der Waals surface area contributed by atoms with Crippen LogP contribution in [0, 0.1) is 10.1 Å². The average molecular weight is 451 g/mol. The highest BCUT2D eigenvalue weighted by Gasteiger charge is 2.39. The number of carbonyl (C=O) groups is 2. The van der Waals surface area contributed by atoms with Gasteiger partial charge < -0.3 is 19.5 Å². The Morgan fingerprint density at radius 2 is 1.94 bits per heavy atom. The minimum absolute atomic E-state index is 0.0498. The van der Waals surface area contributed by atoms with Gasteiger partial charge in [0.15, 0.2) is 0 Å². The van der Waals surface area contributed by atoms with Gasteiger partial charge in [-0.3, -0.25) is 10.1 Å². The highest BCUT2D eigenvalue weighted by atomic mass is 35.5. The fourth-order valence-corrected chi connectivity index (χ4v) is 4.04. The van der Waals surface area contributed by atoms with Crippen molar-refractivity contribution in [3.8, 4) is 0 Å². The maximum Gasteiger partial charge on any atom is 0.336 e. The number of carbonyl (C=O) groups excluding carboxylic acids is 2. The molecule has 10 heteroatoms. The number of hydrogen-bond acceptors (Lipinski definition) is 8. The van der Waals surface area contributed by atoms with Crippen LogP contribution >= 0.6 is 11.6 Å². The van der Waals surface area contributed by atoms with Crippen LogP contribution in [0.3, 0.4) is 0 Å². The van der Waals surface area contributed by atoms with Crippen molar-refractivity contribution in [3.05, 3.63) is 61.4 Å². The maximum absolute atomic E-state index is 13.1. The molecule has 0 amide bonds. The highest BCUT2D eigenvalue weighted by Crippen LogP contribution is 2.41. The van der Waals surface area contributed by atoms with Gasteiger partial charge in [-0.1, -0.05) is 17.7 Å². The molecule has 1 saturated heterocycles. The first-order valence-electron chi connectivity index (χ1n) is 9.74. The Balaban J connectivity index is 2.05. The van der Waals surface area contributed by atoms with Gasteiger partial charge in [-0.05, 0) is 38.3 Å². The summed E-state index contributed by atoms with van der Waals surface area (Å²) in [4.78, 5) is 36.5. The number of methoxy groups -OCH3 is 1. The van der Waals surface area contributed by atoms with E-state index in [1.807, 2.05) is 0 Å². The number of nitrogens with one attached hydrogen (secondary N) is 1. The molecule has 0 radical (unpaired) electrons. The molecule has 0 saturated carbocycles. The first-order chi connectivity index (χ1) is 14.7. The summed E-state index contributed by atoms with van der Waals surface area (Å²) >= 11 is 5.96. The Morgan fingerprint density at radius 3 is 2.52 bits per heavy atom. The van der Waals surface area contributed by atoms with E-state index in [9.17, 15) is 19.7 Å². The van der Waals surface area contributed by atoms with E-state index in [-0.39, 0.29) is 34.6 Å². The molecule has 0 aromatic heterocycles. The van der Waals surface area contributed by atoms with Gasteiger partial charge in [0.2, 0.25) is 0 Å². The number of nitro groups is 1. The molecule has 0 aliphatic carbocycles. The summed E-state index contributed by atoms with van der Waals surface area (Å²) in [5, 5.41) is 14.4. The third-order valence-electron chi connectivity index (χ3n) is 5.31. The van der Waals surface area contributed by atoms with Crippen LogP contribution in [0.2, 0.25) is 5.02 Å². The third-order valence-corrected chi connectivity index (χ3v) is 5.63. The summed E-state index contributed by atoms with van der Waals surface area (Å²) in [6, 6.07) is 4.17. The SMILES string of the molecule is COC(=O)C1=C(C)NC(C)=C(C(=O)OC[C@@H]2CCCO2)[C@H]1c1ccc(Cl)c([N+](=O)[O-])c1. The van der Waals surface area contributed by atoms with Gasteiger partial charge >= 0.3 is 11.9 Å². The predicted molar refractivity (Wildman–Crippen MR) is 111 cm³/mol. The summed E-state index contributed by atoms with van der Waals surface area (Å²) in [5.41, 5.74) is 1.30. The highest BCUT2D eigenvalue weighted by molar-refractivity contribution is 6.32. The van der Waals surface area contributed by atoms with Gasteiger partial charge in [-0.2, -0.15) is 0 Å². The number of hydrogen-bond donors (Lipinski definition) is 1. The molecule has 31 heavy (non-hydrogen) atoms. The van der Waals surface area contributed by atoms with Crippen LogP contribution in [-0.4, -0.2) is 43.3 Å². The van der Waals surface area contributed by atoms with Crippen molar-refractivity contribution in [1.82, 2.24) is 5.32 Å². The van der Waals surface area contributed by atoms with E-state index in [2.05, 4.69) is 5.32 Å². The standard InChI is InChI=1S/C21H23ClN2O7/c1-11-17(20(25)29-3)19(13-6-7-15(22)16(9-13)24(27)28)18(12(2)23-11)21(26)31-10-14-5-4-8-30-14/h6-7,9,14,19,23H,4-5,8,10H2,1-3H3/t14-,19-/m0/s1. The molecule has 2 heterocycles. The molecule has 2 aliphatic heterocycles. The van der Waals surface area contributed by atoms with E-state index in [4.69, 9.17) is 25.8 Å². The number of nitrogens with zero attached hydrogens (tertiary/aromatic N) is 1. The largest absolute Gasteiger partial charge is 0.466 e. The van der Waals surface area contributed by atoms with Crippen molar-refractivity contribution >= 4 is 29.2 Å². The lowest BCUT2D eigenvalue weighted by Crippen LogP contribution is -2.33. The second kappa shape index (κ2) is 9.49. The predicted octanol–water partition coefficient (Wildman–Crippen LogP) is 3.38. The first kappa shape index (κ1) is 22.8. The van der Waals surface area contributed by atoms with Crippen molar-refractivity contribution in [2.75, 3.05) is 20.3 Å². The number of rotatable bonds is 6. The number of ether oxygens (including phenoxy) is 3. The zero-order chi connectivity index (χ0) is 22.7. The lowest BCUT2D eigenvalue weighted by Gasteiger charge is -2.30. The fraction of sp³-hybridized carbons (Fsp3) is 0.429. The van der Waals surface area contributed by atoms with E-state index in [1.165, 1.54) is 19.2 Å². The van der Waals surface area contributed by atoms with E-state index < -0.39 is 22.8 Å². The summed E-state index contributed by atoms with van der Waals surface area (Å²) < 4.78 is 15.9. The van der Waals surface area contributed by atoms with E-state index >= 15 is 0 Å². The topological polar surface area (TPSA) is 117 Å². The summed E-state index contributed by atoms with van der Waals surface area (Å²) in [6.07, 6.45) is 1.52. The van der Waals surface area contributed by atoms with Gasteiger partial charge in [0.05, 0.1) is 35.2 Å². The molecule has 166 valence electrons. The Labute approximate surface area is 184 Å². The van der Waals surface area contributed by atoms with Crippen molar-refractivity contribution in [1.29, 1.82) is 0 Å². The Morgan fingerprint density at radius 1 is 1.26 bits per heavy atom. The number of nitro benzene ring substituents is 1. The lowest BCUT2D eigenvalue weighted by atomic mass is 9.80. The van der Waals surface area contributed by atoms with Crippen molar-refractivity contribution in [2.24, 2.45) is 0 Å². The van der Waals surface area contributed by atoms with E-state index in [0.29, 0.717) is 23.6 Å². The Bertz CT molecular complexity index is 980. The zero-order valence-corrected chi connectivity index (χ0v) is 18.2. The van der Waals surface area contributed by atoms with Gasteiger partial charge in [-0.25, -0.2) is 9.59 Å². The zero-order valence-electron chi connectivity index (χ0n) is 17.4. The maximum atomic E-state index is 13.1. The Hall–Kier alpha value is -2.91. The number of esters is 2. The minimum Gasteiger partial charge on any atom is -0.466 e. The van der Waals surface area contributed by atoms with Gasteiger partial charge in [0.1, 0.15) is 11.6 Å². The van der Waals surface area contributed by atoms with Gasteiger partial charge in [0.25, 0.3) is 5.69 Å². The monoisotopic (exact) mass is 450 g/mol. The van der Waals surface area contributed by atoms with E-state index in [0.717, 1.165) is 12.8 Å². The Kier molecular flexibility index (Phi) is 6.97. The normalized spacial score (nSPS) is 21.0. The molecule has 1 aromatic carbocycles. The number of benzene rings is 1. The molecule has 1 fully saturated rings. The van der Waals surface area contributed by atoms with Crippen LogP contribution in [0.5, 0.6) is 0 Å². The summed E-state index contributed by atoms with van der Waals surface area (Å²) in [6.45, 7) is 4.05. The first-order valence-corrected chi connectivity index (χ1v) is 10.1. The molecule has 0 spiro atoms. The summed E-state index contributed by atoms with van der Waals surface area (Å²) in [5.74, 6) is -2.23. The molecule has 2 atom stereocenters. The lowest BCUT2D eigenvalue weighted by molar-refractivity contribution is -0.384. The molecule has 2 aliphatic rings. The van der Waals surface area contributed by atoms with Crippen LogP contribution in [0.15, 0.2) is 40.7 Å². The fourth-order valence-electron chi connectivity index (χ4n) is 3.85. The van der Waals surface area contributed by atoms with Crippen LogP contribution < -0.4 is 5.32 Å². The van der Waals surface area contributed by atoms with E-state index in [1.54, 1.807) is 19.9 Å². The molecule has 1 N–H and O–H groups in total. The van der Waals surface area contributed by atoms with Crippen LogP contribution in [0.25, 0.3) is 0 Å². The third kappa shape index (κ3) is 4.72. The average Bonchev–Trinajstić information content (AvgIpc) is 3.25. The number of allylic oxidation sites excluding steroid dienone is 2. The van der Waals surface area contributed by atoms with Crippen LogP contribution in [0.1, 0.15) is 38.2 Å². The molecular formula is C21H23ClN2O7. The van der Waals surface area contributed by atoms with Crippen molar-refractivity contribution in [3.63, 3.8) is 0 Å². The van der Waals surface area contributed by atoms with Crippen molar-refractivity contribution in [2.45, 2.75) is 38.7 Å². The molecule has 9 nitrogen and oxygen atoms in total. The molecule has 0 unspecified atom stereocenters. The summed E-state index contributed by atoms with van der Waals surface area (Å²) in [7, 11) is 1.23. The van der Waals surface area contributed by atoms with Gasteiger partial charge in [-0.15, -0.1) is 0 Å². The second-order valence-corrected chi connectivity index (χ2v) is 7.74. The van der Waals surface area contributed by atoms with Crippen LogP contribution in [0.4, 0.5) is 5.69 Å². The quantitative estimate of drug-likeness (QED) is 0.398. The number of halogens is 1. The second-order valence-electron chi connectivity index (χ2n) is 7.33.